The number of carbonyl (C=O) groups is 2. The van der Waals surface area contributed by atoms with Crippen molar-refractivity contribution in [3.05, 3.63) is 59.9 Å². The average Bonchev–Trinajstić information content (AvgIpc) is 3.30. The molecule has 0 aliphatic carbocycles. The highest BCUT2D eigenvalue weighted by Crippen LogP contribution is 2.34. The third kappa shape index (κ3) is 3.05. The molecule has 136 valence electrons. The molecule has 1 aliphatic heterocycles. The van der Waals surface area contributed by atoms with Crippen LogP contribution in [-0.4, -0.2) is 43.5 Å². The molecule has 4 rings (SSSR count). The van der Waals surface area contributed by atoms with Gasteiger partial charge in [0.25, 0.3) is 11.8 Å². The van der Waals surface area contributed by atoms with Gasteiger partial charge >= 0.3 is 0 Å². The van der Waals surface area contributed by atoms with Gasteiger partial charge in [0.15, 0.2) is 0 Å². The van der Waals surface area contributed by atoms with Gasteiger partial charge in [0, 0.05) is 6.54 Å². The van der Waals surface area contributed by atoms with Crippen LogP contribution in [0.3, 0.4) is 0 Å². The zero-order chi connectivity index (χ0) is 18.8. The van der Waals surface area contributed by atoms with E-state index in [1.807, 2.05) is 6.92 Å². The summed E-state index contributed by atoms with van der Waals surface area (Å²) >= 11 is 0. The van der Waals surface area contributed by atoms with Crippen molar-refractivity contribution in [2.24, 2.45) is 0 Å². The van der Waals surface area contributed by atoms with Crippen molar-refractivity contribution < 1.29 is 14.3 Å². The number of imide groups is 1. The van der Waals surface area contributed by atoms with Gasteiger partial charge in [-0.05, 0) is 53.2 Å². The number of hydrogen-bond acceptors (Lipinski definition) is 6. The molecule has 27 heavy (non-hydrogen) atoms. The fourth-order valence-electron chi connectivity index (χ4n) is 2.98. The number of nitrogens with zero attached hydrogens (tertiary/aromatic N) is 5. The van der Waals surface area contributed by atoms with E-state index in [-0.39, 0.29) is 11.8 Å². The Morgan fingerprint density at radius 1 is 1.04 bits per heavy atom. The first kappa shape index (κ1) is 16.9. The normalized spacial score (nSPS) is 13.1. The molecule has 1 aliphatic rings. The van der Waals surface area contributed by atoms with Crippen molar-refractivity contribution in [2.75, 3.05) is 6.54 Å². The van der Waals surface area contributed by atoms with Crippen LogP contribution < -0.4 is 4.74 Å². The minimum absolute atomic E-state index is 0.261. The van der Waals surface area contributed by atoms with E-state index in [0.717, 1.165) is 18.5 Å². The van der Waals surface area contributed by atoms with E-state index >= 15 is 0 Å². The summed E-state index contributed by atoms with van der Waals surface area (Å²) in [6.45, 7) is 2.44. The van der Waals surface area contributed by atoms with Crippen molar-refractivity contribution in [2.45, 2.75) is 19.8 Å². The minimum Gasteiger partial charge on any atom is -0.457 e. The number of amides is 2. The zero-order valence-corrected chi connectivity index (χ0v) is 14.7. The highest BCUT2D eigenvalue weighted by atomic mass is 16.5. The Bertz CT molecular complexity index is 983. The van der Waals surface area contributed by atoms with E-state index in [1.165, 1.54) is 15.9 Å². The maximum Gasteiger partial charge on any atom is 0.265 e. The van der Waals surface area contributed by atoms with E-state index in [4.69, 9.17) is 4.74 Å². The van der Waals surface area contributed by atoms with Crippen molar-refractivity contribution in [3.63, 3.8) is 0 Å². The number of benzene rings is 2. The number of aromatic nitrogens is 4. The second-order valence-electron chi connectivity index (χ2n) is 6.14. The van der Waals surface area contributed by atoms with E-state index < -0.39 is 0 Å². The first-order chi connectivity index (χ1) is 13.2. The first-order valence-electron chi connectivity index (χ1n) is 8.69. The Morgan fingerprint density at radius 2 is 1.85 bits per heavy atom. The molecule has 0 radical (unpaired) electrons. The van der Waals surface area contributed by atoms with Crippen LogP contribution in [0.25, 0.3) is 5.69 Å². The number of carbonyl (C=O) groups excluding carboxylic acids is 2. The Kier molecular flexibility index (Phi) is 4.37. The molecule has 0 saturated heterocycles. The smallest absolute Gasteiger partial charge is 0.265 e. The highest BCUT2D eigenvalue weighted by molar-refractivity contribution is 6.22. The molecular formula is C19H17N5O3. The van der Waals surface area contributed by atoms with Gasteiger partial charge < -0.3 is 4.74 Å². The van der Waals surface area contributed by atoms with Gasteiger partial charge in [-0.25, -0.2) is 4.68 Å². The molecule has 0 saturated carbocycles. The van der Waals surface area contributed by atoms with Gasteiger partial charge in [0.2, 0.25) is 0 Å². The largest absolute Gasteiger partial charge is 0.457 e. The number of rotatable bonds is 6. The number of tetrazole rings is 1. The molecule has 2 heterocycles. The summed E-state index contributed by atoms with van der Waals surface area (Å²) in [5.74, 6) is 0.361. The second-order valence-corrected chi connectivity index (χ2v) is 6.14. The molecule has 0 N–H and O–H groups in total. The quantitative estimate of drug-likeness (QED) is 0.626. The lowest BCUT2D eigenvalue weighted by Crippen LogP contribution is -2.30. The van der Waals surface area contributed by atoms with Crippen LogP contribution in [0.2, 0.25) is 0 Å². The summed E-state index contributed by atoms with van der Waals surface area (Å²) in [5, 5.41) is 11.0. The van der Waals surface area contributed by atoms with Gasteiger partial charge in [0.05, 0.1) is 16.8 Å². The third-order valence-corrected chi connectivity index (χ3v) is 4.37. The van der Waals surface area contributed by atoms with Crippen LogP contribution >= 0.6 is 0 Å². The molecule has 1 aromatic heterocycles. The molecule has 0 unspecified atom stereocenters. The third-order valence-electron chi connectivity index (χ3n) is 4.37. The Morgan fingerprint density at radius 3 is 2.56 bits per heavy atom. The fraction of sp³-hybridized carbons (Fsp3) is 0.211. The van der Waals surface area contributed by atoms with E-state index in [0.29, 0.717) is 29.2 Å². The lowest BCUT2D eigenvalue weighted by molar-refractivity contribution is 0.0651. The molecule has 8 nitrogen and oxygen atoms in total. The molecule has 0 spiro atoms. The van der Waals surface area contributed by atoms with Gasteiger partial charge in [0.1, 0.15) is 17.8 Å². The summed E-state index contributed by atoms with van der Waals surface area (Å²) in [6.07, 6.45) is 3.18. The number of fused-ring (bicyclic) bond motifs is 1. The van der Waals surface area contributed by atoms with Crippen LogP contribution in [0.4, 0.5) is 0 Å². The SMILES string of the molecule is CCCCN1C(=O)c2cccc(Oc3ccc(-n4cnnn4)cc3)c2C1=O. The summed E-state index contributed by atoms with van der Waals surface area (Å²) < 4.78 is 7.43. The predicted octanol–water partition coefficient (Wildman–Crippen LogP) is 2.85. The Labute approximate surface area is 155 Å². The van der Waals surface area contributed by atoms with Crippen molar-refractivity contribution in [1.29, 1.82) is 0 Å². The van der Waals surface area contributed by atoms with Gasteiger partial charge in [-0.15, -0.1) is 5.10 Å². The second kappa shape index (κ2) is 6.99. The summed E-state index contributed by atoms with van der Waals surface area (Å²) in [4.78, 5) is 26.5. The van der Waals surface area contributed by atoms with Crippen LogP contribution in [0.15, 0.2) is 48.8 Å². The lowest BCUT2D eigenvalue weighted by Gasteiger charge is -2.13. The van der Waals surface area contributed by atoms with Crippen LogP contribution in [0, 0.1) is 0 Å². The monoisotopic (exact) mass is 363 g/mol. The van der Waals surface area contributed by atoms with Crippen molar-refractivity contribution in [3.8, 4) is 17.2 Å². The molecule has 0 bridgehead atoms. The maximum atomic E-state index is 12.7. The summed E-state index contributed by atoms with van der Waals surface area (Å²) in [5.41, 5.74) is 1.49. The number of hydrogen-bond donors (Lipinski definition) is 0. The van der Waals surface area contributed by atoms with Crippen molar-refractivity contribution in [1.82, 2.24) is 25.1 Å². The molecule has 8 heteroatoms. The molecule has 0 fully saturated rings. The van der Waals surface area contributed by atoms with E-state index in [1.54, 1.807) is 42.5 Å². The van der Waals surface area contributed by atoms with Gasteiger partial charge in [-0.3, -0.25) is 14.5 Å². The Hall–Kier alpha value is -3.55. The molecular weight excluding hydrogens is 346 g/mol. The Balaban J connectivity index is 1.60. The van der Waals surface area contributed by atoms with Crippen LogP contribution in [-0.2, 0) is 0 Å². The maximum absolute atomic E-state index is 12.7. The topological polar surface area (TPSA) is 90.2 Å². The average molecular weight is 363 g/mol. The molecule has 2 amide bonds. The first-order valence-corrected chi connectivity index (χ1v) is 8.69. The van der Waals surface area contributed by atoms with E-state index in [9.17, 15) is 9.59 Å². The van der Waals surface area contributed by atoms with Crippen molar-refractivity contribution >= 4 is 11.8 Å². The lowest BCUT2D eigenvalue weighted by atomic mass is 10.1. The standard InChI is InChI=1S/C19H17N5O3/c1-2-3-11-23-18(25)15-5-4-6-16(17(15)19(23)26)27-14-9-7-13(8-10-14)24-12-20-21-22-24/h4-10,12H,2-3,11H2,1H3. The van der Waals surface area contributed by atoms with E-state index in [2.05, 4.69) is 15.5 Å². The fourth-order valence-corrected chi connectivity index (χ4v) is 2.98. The molecule has 2 aromatic carbocycles. The molecule has 0 atom stereocenters. The predicted molar refractivity (Wildman–Crippen MR) is 95.9 cm³/mol. The summed E-state index contributed by atoms with van der Waals surface area (Å²) in [6, 6.07) is 12.2. The minimum atomic E-state index is -0.302. The number of ether oxygens (including phenoxy) is 1. The van der Waals surface area contributed by atoms with Crippen LogP contribution in [0.1, 0.15) is 40.5 Å². The van der Waals surface area contributed by atoms with Gasteiger partial charge in [-0.1, -0.05) is 19.4 Å². The highest BCUT2D eigenvalue weighted by Gasteiger charge is 2.37. The molecule has 3 aromatic rings. The van der Waals surface area contributed by atoms with Gasteiger partial charge in [-0.2, -0.15) is 0 Å². The zero-order valence-electron chi connectivity index (χ0n) is 14.7. The summed E-state index contributed by atoms with van der Waals surface area (Å²) in [7, 11) is 0. The number of unbranched alkanes of at least 4 members (excludes halogenated alkanes) is 1. The van der Waals surface area contributed by atoms with Crippen LogP contribution in [0.5, 0.6) is 11.5 Å².